The van der Waals surface area contributed by atoms with E-state index in [0.717, 1.165) is 0 Å². The molecule has 7 nitrogen and oxygen atoms in total. The minimum absolute atomic E-state index is 0.107. The zero-order chi connectivity index (χ0) is 14.9. The van der Waals surface area contributed by atoms with Crippen LogP contribution in [0.15, 0.2) is 27.6 Å². The van der Waals surface area contributed by atoms with E-state index in [1.807, 2.05) is 0 Å². The first kappa shape index (κ1) is 14.1. The second-order valence-corrected chi connectivity index (χ2v) is 4.26. The van der Waals surface area contributed by atoms with Crippen LogP contribution in [0.4, 0.5) is 0 Å². The van der Waals surface area contributed by atoms with Crippen molar-refractivity contribution in [3.63, 3.8) is 0 Å². The Morgan fingerprint density at radius 1 is 1.20 bits per heavy atom. The molecule has 1 aliphatic carbocycles. The van der Waals surface area contributed by atoms with Gasteiger partial charge in [0.2, 0.25) is 0 Å². The first-order chi connectivity index (χ1) is 9.54. The first-order valence-corrected chi connectivity index (χ1v) is 5.92. The molecule has 7 heteroatoms. The van der Waals surface area contributed by atoms with Crippen LogP contribution >= 0.6 is 0 Å². The standard InChI is InChI=1S/C13H15NO6/c1-6-9-8(17-2)5-7(12(15)18-3)10(13(16)19-4)11(9)20-14-6/h11H,5H2,1-4H3. The number of methoxy groups -OCH3 is 3. The number of ether oxygens (including phenoxy) is 3. The molecule has 0 bridgehead atoms. The van der Waals surface area contributed by atoms with Crippen molar-refractivity contribution in [3.05, 3.63) is 22.5 Å². The summed E-state index contributed by atoms with van der Waals surface area (Å²) in [4.78, 5) is 29.1. The average molecular weight is 281 g/mol. The van der Waals surface area contributed by atoms with Crippen LogP contribution in [0, 0.1) is 0 Å². The molecule has 20 heavy (non-hydrogen) atoms. The number of oxime groups is 1. The predicted molar refractivity (Wildman–Crippen MR) is 67.7 cm³/mol. The molecule has 0 amide bonds. The highest BCUT2D eigenvalue weighted by Gasteiger charge is 2.43. The second kappa shape index (κ2) is 5.36. The fraction of sp³-hybridized carbons (Fsp3) is 0.462. The largest absolute Gasteiger partial charge is 0.500 e. The van der Waals surface area contributed by atoms with Crippen LogP contribution in [0.3, 0.4) is 0 Å². The van der Waals surface area contributed by atoms with Gasteiger partial charge in [-0.3, -0.25) is 0 Å². The third kappa shape index (κ3) is 2.04. The summed E-state index contributed by atoms with van der Waals surface area (Å²) in [5, 5.41) is 3.85. The number of carbonyl (C=O) groups excluding carboxylic acids is 2. The van der Waals surface area contributed by atoms with Crippen LogP contribution in [0.25, 0.3) is 0 Å². The van der Waals surface area contributed by atoms with E-state index in [1.54, 1.807) is 6.92 Å². The van der Waals surface area contributed by atoms with Gasteiger partial charge in [-0.25, -0.2) is 9.59 Å². The van der Waals surface area contributed by atoms with Crippen molar-refractivity contribution in [1.82, 2.24) is 0 Å². The van der Waals surface area contributed by atoms with Crippen molar-refractivity contribution in [3.8, 4) is 0 Å². The third-order valence-electron chi connectivity index (χ3n) is 3.26. The molecule has 108 valence electrons. The van der Waals surface area contributed by atoms with Gasteiger partial charge in [0.1, 0.15) is 5.76 Å². The van der Waals surface area contributed by atoms with Gasteiger partial charge >= 0.3 is 11.9 Å². The lowest BCUT2D eigenvalue weighted by Crippen LogP contribution is -2.31. The van der Waals surface area contributed by atoms with Crippen molar-refractivity contribution in [2.24, 2.45) is 5.16 Å². The molecule has 1 unspecified atom stereocenters. The van der Waals surface area contributed by atoms with Gasteiger partial charge in [0.15, 0.2) is 6.10 Å². The fourth-order valence-electron chi connectivity index (χ4n) is 2.31. The molecule has 0 aromatic rings. The average Bonchev–Trinajstić information content (AvgIpc) is 2.86. The maximum atomic E-state index is 12.0. The fourth-order valence-corrected chi connectivity index (χ4v) is 2.31. The molecule has 0 radical (unpaired) electrons. The number of fused-ring (bicyclic) bond motifs is 1. The van der Waals surface area contributed by atoms with E-state index in [2.05, 4.69) is 5.16 Å². The highest BCUT2D eigenvalue weighted by atomic mass is 16.6. The summed E-state index contributed by atoms with van der Waals surface area (Å²) >= 11 is 0. The molecule has 1 heterocycles. The van der Waals surface area contributed by atoms with Crippen molar-refractivity contribution >= 4 is 17.7 Å². The number of hydrogen-bond acceptors (Lipinski definition) is 7. The monoisotopic (exact) mass is 281 g/mol. The van der Waals surface area contributed by atoms with Gasteiger partial charge in [-0.1, -0.05) is 5.16 Å². The molecule has 0 N–H and O–H groups in total. The van der Waals surface area contributed by atoms with Gasteiger partial charge in [0, 0.05) is 6.42 Å². The number of esters is 2. The molecule has 2 rings (SSSR count). The Bertz CT molecular complexity index is 557. The lowest BCUT2D eigenvalue weighted by atomic mass is 9.86. The van der Waals surface area contributed by atoms with E-state index < -0.39 is 18.0 Å². The molecule has 1 aliphatic heterocycles. The Morgan fingerprint density at radius 2 is 1.85 bits per heavy atom. The van der Waals surface area contributed by atoms with Gasteiger partial charge in [-0.15, -0.1) is 0 Å². The van der Waals surface area contributed by atoms with E-state index >= 15 is 0 Å². The summed E-state index contributed by atoms with van der Waals surface area (Å²) in [5.41, 5.74) is 1.53. The molecule has 0 saturated heterocycles. The Hall–Kier alpha value is -2.31. The minimum Gasteiger partial charge on any atom is -0.500 e. The second-order valence-electron chi connectivity index (χ2n) is 4.26. The van der Waals surface area contributed by atoms with Gasteiger partial charge in [-0.2, -0.15) is 0 Å². The van der Waals surface area contributed by atoms with Gasteiger partial charge in [0.25, 0.3) is 0 Å². The topological polar surface area (TPSA) is 83.4 Å². The van der Waals surface area contributed by atoms with Gasteiger partial charge < -0.3 is 19.0 Å². The Balaban J connectivity index is 2.55. The van der Waals surface area contributed by atoms with Crippen molar-refractivity contribution in [2.75, 3.05) is 21.3 Å². The van der Waals surface area contributed by atoms with E-state index in [4.69, 9.17) is 19.0 Å². The van der Waals surface area contributed by atoms with Crippen LogP contribution in [0.5, 0.6) is 0 Å². The third-order valence-corrected chi connectivity index (χ3v) is 3.26. The van der Waals surface area contributed by atoms with Crippen LogP contribution in [-0.4, -0.2) is 45.1 Å². The van der Waals surface area contributed by atoms with Crippen molar-refractivity contribution in [2.45, 2.75) is 19.4 Å². The molecule has 2 aliphatic rings. The van der Waals surface area contributed by atoms with E-state index in [0.29, 0.717) is 17.0 Å². The number of rotatable bonds is 3. The van der Waals surface area contributed by atoms with Crippen LogP contribution in [0.2, 0.25) is 0 Å². The number of carbonyl (C=O) groups is 2. The summed E-state index contributed by atoms with van der Waals surface area (Å²) in [6.45, 7) is 1.74. The summed E-state index contributed by atoms with van der Waals surface area (Å²) in [7, 11) is 3.97. The normalized spacial score (nSPS) is 21.0. The van der Waals surface area contributed by atoms with E-state index in [9.17, 15) is 9.59 Å². The molecular formula is C13H15NO6. The maximum Gasteiger partial charge on any atom is 0.338 e. The highest BCUT2D eigenvalue weighted by molar-refractivity contribution is 6.08. The highest BCUT2D eigenvalue weighted by Crippen LogP contribution is 2.37. The Labute approximate surface area is 115 Å². The number of allylic oxidation sites excluding steroid dienone is 1. The Kier molecular flexibility index (Phi) is 3.78. The van der Waals surface area contributed by atoms with Crippen LogP contribution < -0.4 is 0 Å². The summed E-state index contributed by atoms with van der Waals surface area (Å²) in [6, 6.07) is 0. The lowest BCUT2D eigenvalue weighted by molar-refractivity contribution is -0.140. The van der Waals surface area contributed by atoms with E-state index in [1.165, 1.54) is 21.3 Å². The SMILES string of the molecule is COC(=O)C1=C(C(=O)OC)C2ON=C(C)C2=C(OC)C1. The minimum atomic E-state index is -0.791. The van der Waals surface area contributed by atoms with Gasteiger partial charge in [-0.05, 0) is 6.92 Å². The Morgan fingerprint density at radius 3 is 2.40 bits per heavy atom. The molecule has 0 fully saturated rings. The van der Waals surface area contributed by atoms with Crippen LogP contribution in [-0.2, 0) is 28.6 Å². The molecule has 1 atom stereocenters. The summed E-state index contributed by atoms with van der Waals surface area (Å²) in [6.07, 6.45) is -0.657. The predicted octanol–water partition coefficient (Wildman–Crippen LogP) is 0.708. The zero-order valence-electron chi connectivity index (χ0n) is 11.7. The molecular weight excluding hydrogens is 266 g/mol. The molecule has 0 saturated carbocycles. The zero-order valence-corrected chi connectivity index (χ0v) is 11.7. The summed E-state index contributed by atoms with van der Waals surface area (Å²) in [5.74, 6) is -0.734. The first-order valence-electron chi connectivity index (χ1n) is 5.92. The molecule has 0 aromatic heterocycles. The van der Waals surface area contributed by atoms with E-state index in [-0.39, 0.29) is 17.6 Å². The van der Waals surface area contributed by atoms with Crippen LogP contribution in [0.1, 0.15) is 13.3 Å². The van der Waals surface area contributed by atoms with Crippen molar-refractivity contribution < 1.29 is 28.6 Å². The molecule has 0 aromatic carbocycles. The molecule has 0 spiro atoms. The quantitative estimate of drug-likeness (QED) is 0.708. The van der Waals surface area contributed by atoms with Crippen molar-refractivity contribution in [1.29, 1.82) is 0 Å². The lowest BCUT2D eigenvalue weighted by Gasteiger charge is -2.24. The van der Waals surface area contributed by atoms with Gasteiger partial charge in [0.05, 0.1) is 43.8 Å². The number of hydrogen-bond donors (Lipinski definition) is 0. The number of nitrogens with zero attached hydrogens (tertiary/aromatic N) is 1. The summed E-state index contributed by atoms with van der Waals surface area (Å²) < 4.78 is 14.7. The smallest absolute Gasteiger partial charge is 0.338 e. The maximum absolute atomic E-state index is 12.0.